The first kappa shape index (κ1) is 13.6. The number of halogens is 1. The average Bonchev–Trinajstić information content (AvgIpc) is 3.21. The fourth-order valence-electron chi connectivity index (χ4n) is 2.75. The van der Waals surface area contributed by atoms with Crippen molar-refractivity contribution in [2.45, 2.75) is 0 Å². The second-order valence-corrected chi connectivity index (χ2v) is 7.01. The molecule has 2 aromatic heterocycles. The summed E-state index contributed by atoms with van der Waals surface area (Å²) in [5.41, 5.74) is 3.93. The second-order valence-electron chi connectivity index (χ2n) is 5.29. The molecule has 3 aromatic rings. The van der Waals surface area contributed by atoms with Crippen molar-refractivity contribution in [1.29, 1.82) is 0 Å². The van der Waals surface area contributed by atoms with Gasteiger partial charge in [-0.25, -0.2) is 0 Å². The van der Waals surface area contributed by atoms with E-state index in [0.29, 0.717) is 18.8 Å². The van der Waals surface area contributed by atoms with Gasteiger partial charge in [0.05, 0.1) is 14.6 Å². The molecule has 1 aromatic carbocycles. The van der Waals surface area contributed by atoms with E-state index >= 15 is 0 Å². The van der Waals surface area contributed by atoms with Gasteiger partial charge in [-0.15, -0.1) is 11.3 Å². The summed E-state index contributed by atoms with van der Waals surface area (Å²) < 4.78 is 1.75. The summed E-state index contributed by atoms with van der Waals surface area (Å²) in [6.07, 6.45) is 2.12. The van der Waals surface area contributed by atoms with Crippen LogP contribution >= 0.6 is 22.9 Å². The van der Waals surface area contributed by atoms with Crippen LogP contribution in [0.5, 0.6) is 0 Å². The molecule has 110 valence electrons. The number of aromatic amines is 1. The van der Waals surface area contributed by atoms with E-state index in [2.05, 4.69) is 23.2 Å². The summed E-state index contributed by atoms with van der Waals surface area (Å²) >= 11 is 7.45. The number of thiophene rings is 1. The molecule has 0 spiro atoms. The number of rotatable bonds is 2. The Bertz CT molecular complexity index is 847. The van der Waals surface area contributed by atoms with Crippen LogP contribution in [0.2, 0.25) is 4.34 Å². The molecule has 1 aliphatic heterocycles. The number of carbonyl (C=O) groups is 1. The summed E-state index contributed by atoms with van der Waals surface area (Å²) in [5, 5.41) is 0. The van der Waals surface area contributed by atoms with Crippen LogP contribution < -0.4 is 0 Å². The molecule has 0 unspecified atom stereocenters. The molecule has 0 saturated heterocycles. The SMILES string of the molecule is O=C(c1cc2sc(Cl)cc2[nH]1)N1CC=C(c2ccccc2)C1. The molecule has 0 radical (unpaired) electrons. The van der Waals surface area contributed by atoms with E-state index in [0.717, 1.165) is 14.6 Å². The summed E-state index contributed by atoms with van der Waals surface area (Å²) in [7, 11) is 0. The van der Waals surface area contributed by atoms with Gasteiger partial charge < -0.3 is 9.88 Å². The number of carbonyl (C=O) groups excluding carboxylic acids is 1. The van der Waals surface area contributed by atoms with Gasteiger partial charge >= 0.3 is 0 Å². The van der Waals surface area contributed by atoms with Crippen LogP contribution in [0.1, 0.15) is 16.1 Å². The monoisotopic (exact) mass is 328 g/mol. The van der Waals surface area contributed by atoms with Crippen molar-refractivity contribution in [3.63, 3.8) is 0 Å². The van der Waals surface area contributed by atoms with Crippen LogP contribution in [0, 0.1) is 0 Å². The first-order valence-electron chi connectivity index (χ1n) is 7.02. The van der Waals surface area contributed by atoms with Crippen molar-refractivity contribution >= 4 is 44.6 Å². The third-order valence-electron chi connectivity index (χ3n) is 3.86. The van der Waals surface area contributed by atoms with Gasteiger partial charge in [0, 0.05) is 13.1 Å². The number of aromatic nitrogens is 1. The fraction of sp³-hybridized carbons (Fsp3) is 0.118. The Labute approximate surface area is 136 Å². The van der Waals surface area contributed by atoms with E-state index in [1.807, 2.05) is 35.2 Å². The molecule has 5 heteroatoms. The first-order valence-corrected chi connectivity index (χ1v) is 8.22. The molecule has 22 heavy (non-hydrogen) atoms. The Hall–Kier alpha value is -2.04. The predicted molar refractivity (Wildman–Crippen MR) is 91.5 cm³/mol. The minimum Gasteiger partial charge on any atom is -0.350 e. The van der Waals surface area contributed by atoms with Crippen molar-refractivity contribution in [1.82, 2.24) is 9.88 Å². The number of fused-ring (bicyclic) bond motifs is 1. The maximum absolute atomic E-state index is 12.6. The molecule has 4 rings (SSSR count). The minimum atomic E-state index is 0.0294. The minimum absolute atomic E-state index is 0.0294. The molecule has 0 atom stereocenters. The smallest absolute Gasteiger partial charge is 0.270 e. The Kier molecular flexibility index (Phi) is 3.28. The van der Waals surface area contributed by atoms with E-state index < -0.39 is 0 Å². The van der Waals surface area contributed by atoms with E-state index in [1.165, 1.54) is 22.5 Å². The van der Waals surface area contributed by atoms with Crippen LogP contribution in [0.3, 0.4) is 0 Å². The van der Waals surface area contributed by atoms with Crippen LogP contribution in [0.15, 0.2) is 48.5 Å². The molecular formula is C17H13ClN2OS. The van der Waals surface area contributed by atoms with Crippen molar-refractivity contribution in [2.75, 3.05) is 13.1 Å². The van der Waals surface area contributed by atoms with Gasteiger partial charge in [-0.05, 0) is 23.3 Å². The first-order chi connectivity index (χ1) is 10.7. The summed E-state index contributed by atoms with van der Waals surface area (Å²) in [6.45, 7) is 1.30. The van der Waals surface area contributed by atoms with Crippen molar-refractivity contribution in [3.05, 3.63) is 64.1 Å². The number of H-pyrrole nitrogens is 1. The summed E-state index contributed by atoms with van der Waals surface area (Å²) in [5.74, 6) is 0.0294. The lowest BCUT2D eigenvalue weighted by atomic mass is 10.1. The Morgan fingerprint density at radius 2 is 2.05 bits per heavy atom. The van der Waals surface area contributed by atoms with E-state index in [1.54, 1.807) is 0 Å². The lowest BCUT2D eigenvalue weighted by molar-refractivity contribution is 0.0797. The zero-order chi connectivity index (χ0) is 15.1. The molecule has 3 heterocycles. The molecular weight excluding hydrogens is 316 g/mol. The standard InChI is InChI=1S/C17H13ClN2OS/c18-16-9-13-15(22-16)8-14(19-13)17(21)20-7-6-12(10-20)11-4-2-1-3-5-11/h1-6,8-9,19H,7,10H2. The normalized spacial score (nSPS) is 14.6. The Morgan fingerprint density at radius 3 is 2.82 bits per heavy atom. The molecule has 1 amide bonds. The number of nitrogens with one attached hydrogen (secondary N) is 1. The third-order valence-corrected chi connectivity index (χ3v) is 5.07. The van der Waals surface area contributed by atoms with Gasteiger partial charge in [0.25, 0.3) is 5.91 Å². The topological polar surface area (TPSA) is 36.1 Å². The maximum Gasteiger partial charge on any atom is 0.270 e. The molecule has 0 bridgehead atoms. The van der Waals surface area contributed by atoms with Gasteiger partial charge in [0.15, 0.2) is 0 Å². The average molecular weight is 329 g/mol. The molecule has 1 aliphatic rings. The summed E-state index contributed by atoms with van der Waals surface area (Å²) in [4.78, 5) is 17.6. The highest BCUT2D eigenvalue weighted by molar-refractivity contribution is 7.22. The van der Waals surface area contributed by atoms with Crippen LogP contribution in [0.25, 0.3) is 15.8 Å². The summed E-state index contributed by atoms with van der Waals surface area (Å²) in [6, 6.07) is 13.9. The van der Waals surface area contributed by atoms with E-state index in [-0.39, 0.29) is 5.91 Å². The molecule has 0 saturated carbocycles. The highest BCUT2D eigenvalue weighted by atomic mass is 35.5. The second kappa shape index (κ2) is 5.30. The van der Waals surface area contributed by atoms with Gasteiger partial charge in [-0.3, -0.25) is 4.79 Å². The van der Waals surface area contributed by atoms with Crippen LogP contribution in [0.4, 0.5) is 0 Å². The van der Waals surface area contributed by atoms with E-state index in [9.17, 15) is 4.79 Å². The highest BCUT2D eigenvalue weighted by Crippen LogP contribution is 2.30. The number of amides is 1. The largest absolute Gasteiger partial charge is 0.350 e. The van der Waals surface area contributed by atoms with Gasteiger partial charge in [0.2, 0.25) is 0 Å². The lowest BCUT2D eigenvalue weighted by Gasteiger charge is -2.15. The van der Waals surface area contributed by atoms with Crippen molar-refractivity contribution in [3.8, 4) is 0 Å². The van der Waals surface area contributed by atoms with E-state index in [4.69, 9.17) is 11.6 Å². The van der Waals surface area contributed by atoms with Gasteiger partial charge in [0.1, 0.15) is 5.69 Å². The highest BCUT2D eigenvalue weighted by Gasteiger charge is 2.23. The molecule has 0 fully saturated rings. The Morgan fingerprint density at radius 1 is 1.23 bits per heavy atom. The molecule has 1 N–H and O–H groups in total. The zero-order valence-electron chi connectivity index (χ0n) is 11.7. The Balaban J connectivity index is 1.53. The van der Waals surface area contributed by atoms with Crippen molar-refractivity contribution in [2.24, 2.45) is 0 Å². The zero-order valence-corrected chi connectivity index (χ0v) is 13.2. The van der Waals surface area contributed by atoms with Gasteiger partial charge in [-0.2, -0.15) is 0 Å². The number of nitrogens with zero attached hydrogens (tertiary/aromatic N) is 1. The van der Waals surface area contributed by atoms with Crippen LogP contribution in [-0.2, 0) is 0 Å². The van der Waals surface area contributed by atoms with Crippen LogP contribution in [-0.4, -0.2) is 28.9 Å². The maximum atomic E-state index is 12.6. The number of hydrogen-bond donors (Lipinski definition) is 1. The molecule has 3 nitrogen and oxygen atoms in total. The number of benzene rings is 1. The third kappa shape index (κ3) is 2.34. The quantitative estimate of drug-likeness (QED) is 0.742. The predicted octanol–water partition coefficient (Wildman–Crippen LogP) is 4.42. The van der Waals surface area contributed by atoms with Gasteiger partial charge in [-0.1, -0.05) is 48.0 Å². The number of hydrogen-bond acceptors (Lipinski definition) is 2. The fourth-order valence-corrected chi connectivity index (χ4v) is 3.89. The molecule has 0 aliphatic carbocycles. The van der Waals surface area contributed by atoms with Crippen molar-refractivity contribution < 1.29 is 4.79 Å². The lowest BCUT2D eigenvalue weighted by Crippen LogP contribution is -2.29.